The van der Waals surface area contributed by atoms with Gasteiger partial charge in [0.05, 0.1) is 31.0 Å². The molecule has 3 aliphatic rings. The summed E-state index contributed by atoms with van der Waals surface area (Å²) in [6, 6.07) is 11.0. The third-order valence-corrected chi connectivity index (χ3v) is 5.99. The summed E-state index contributed by atoms with van der Waals surface area (Å²) in [6.07, 6.45) is 6.74. The molecule has 7 heteroatoms. The largest absolute Gasteiger partial charge is 0.374 e. The number of amides is 1. The van der Waals surface area contributed by atoms with Gasteiger partial charge < -0.3 is 10.1 Å². The summed E-state index contributed by atoms with van der Waals surface area (Å²) in [7, 11) is 0. The minimum atomic E-state index is -0.102. The van der Waals surface area contributed by atoms with Crippen molar-refractivity contribution >= 4 is 5.91 Å². The SMILES string of the molecule is O=C(NC1CN(C[C@H]2C[C@H](OCc3ccccc3)C2)C1)c1cn(C2CC2)nn1. The number of benzene rings is 1. The summed E-state index contributed by atoms with van der Waals surface area (Å²) in [5.41, 5.74) is 1.67. The molecule has 148 valence electrons. The number of aromatic nitrogens is 3. The highest BCUT2D eigenvalue weighted by atomic mass is 16.5. The number of ether oxygens (including phenoxy) is 1. The van der Waals surface area contributed by atoms with Crippen molar-refractivity contribution in [2.75, 3.05) is 19.6 Å². The van der Waals surface area contributed by atoms with Crippen molar-refractivity contribution in [1.82, 2.24) is 25.2 Å². The van der Waals surface area contributed by atoms with Crippen LogP contribution in [0.1, 0.15) is 47.8 Å². The number of rotatable bonds is 8. The molecule has 1 saturated heterocycles. The second-order valence-electron chi connectivity index (χ2n) is 8.46. The van der Waals surface area contributed by atoms with Crippen LogP contribution >= 0.6 is 0 Å². The number of carbonyl (C=O) groups excluding carboxylic acids is 1. The molecule has 2 heterocycles. The van der Waals surface area contributed by atoms with Gasteiger partial charge in [-0.15, -0.1) is 5.10 Å². The van der Waals surface area contributed by atoms with Crippen LogP contribution in [0.5, 0.6) is 0 Å². The normalized spacial score (nSPS) is 25.1. The van der Waals surface area contributed by atoms with Gasteiger partial charge in [-0.2, -0.15) is 0 Å². The van der Waals surface area contributed by atoms with Crippen molar-refractivity contribution < 1.29 is 9.53 Å². The zero-order valence-electron chi connectivity index (χ0n) is 16.0. The Balaban J connectivity index is 0.968. The Morgan fingerprint density at radius 3 is 2.71 bits per heavy atom. The summed E-state index contributed by atoms with van der Waals surface area (Å²) in [5, 5.41) is 11.1. The molecule has 7 nitrogen and oxygen atoms in total. The maximum absolute atomic E-state index is 12.3. The van der Waals surface area contributed by atoms with Gasteiger partial charge in [-0.05, 0) is 37.2 Å². The number of hydrogen-bond donors (Lipinski definition) is 1. The predicted molar refractivity (Wildman–Crippen MR) is 104 cm³/mol. The maximum Gasteiger partial charge on any atom is 0.273 e. The van der Waals surface area contributed by atoms with Crippen LogP contribution in [0, 0.1) is 5.92 Å². The van der Waals surface area contributed by atoms with E-state index in [-0.39, 0.29) is 11.9 Å². The van der Waals surface area contributed by atoms with Crippen molar-refractivity contribution in [3.63, 3.8) is 0 Å². The number of carbonyl (C=O) groups is 1. The van der Waals surface area contributed by atoms with Crippen molar-refractivity contribution in [3.05, 3.63) is 47.8 Å². The number of nitrogens with zero attached hydrogens (tertiary/aromatic N) is 4. The summed E-state index contributed by atoms with van der Waals surface area (Å²) < 4.78 is 7.80. The fourth-order valence-corrected chi connectivity index (χ4v) is 4.08. The number of hydrogen-bond acceptors (Lipinski definition) is 5. The quantitative estimate of drug-likeness (QED) is 0.757. The van der Waals surface area contributed by atoms with E-state index in [0.29, 0.717) is 24.4 Å². The van der Waals surface area contributed by atoms with Crippen LogP contribution < -0.4 is 5.32 Å². The second-order valence-corrected chi connectivity index (χ2v) is 8.46. The molecular weight excluding hydrogens is 354 g/mol. The summed E-state index contributed by atoms with van der Waals surface area (Å²) in [6.45, 7) is 3.67. The third-order valence-electron chi connectivity index (χ3n) is 5.99. The van der Waals surface area contributed by atoms with E-state index in [4.69, 9.17) is 4.74 Å². The lowest BCUT2D eigenvalue weighted by atomic mass is 9.81. The van der Waals surface area contributed by atoms with Crippen LogP contribution in [0.15, 0.2) is 36.5 Å². The highest BCUT2D eigenvalue weighted by molar-refractivity contribution is 5.92. The van der Waals surface area contributed by atoms with Gasteiger partial charge in [0, 0.05) is 19.6 Å². The van der Waals surface area contributed by atoms with Crippen molar-refractivity contribution in [3.8, 4) is 0 Å². The Morgan fingerprint density at radius 2 is 1.96 bits per heavy atom. The van der Waals surface area contributed by atoms with Crippen molar-refractivity contribution in [2.45, 2.75) is 50.5 Å². The highest BCUT2D eigenvalue weighted by Gasteiger charge is 2.36. The van der Waals surface area contributed by atoms with Gasteiger partial charge in [-0.1, -0.05) is 35.5 Å². The first-order valence-electron chi connectivity index (χ1n) is 10.3. The number of likely N-dealkylation sites (tertiary alicyclic amines) is 1. The van der Waals surface area contributed by atoms with E-state index in [1.807, 2.05) is 10.7 Å². The van der Waals surface area contributed by atoms with E-state index < -0.39 is 0 Å². The van der Waals surface area contributed by atoms with Crippen LogP contribution in [0.3, 0.4) is 0 Å². The second kappa shape index (κ2) is 7.64. The Bertz CT molecular complexity index is 807. The first-order valence-corrected chi connectivity index (χ1v) is 10.3. The van der Waals surface area contributed by atoms with Gasteiger partial charge in [0.15, 0.2) is 5.69 Å². The Hall–Kier alpha value is -2.25. The van der Waals surface area contributed by atoms with Crippen LogP contribution in [0.2, 0.25) is 0 Å². The van der Waals surface area contributed by atoms with Gasteiger partial charge in [0.25, 0.3) is 5.91 Å². The molecule has 2 aliphatic carbocycles. The molecule has 1 aliphatic heterocycles. The molecule has 0 bridgehead atoms. The van der Waals surface area contributed by atoms with E-state index >= 15 is 0 Å². The zero-order valence-corrected chi connectivity index (χ0v) is 16.0. The molecule has 0 unspecified atom stereocenters. The average molecular weight is 381 g/mol. The fourth-order valence-electron chi connectivity index (χ4n) is 4.08. The van der Waals surface area contributed by atoms with E-state index in [1.165, 1.54) is 5.56 Å². The summed E-state index contributed by atoms with van der Waals surface area (Å²) >= 11 is 0. The molecule has 3 fully saturated rings. The molecule has 2 aromatic rings. The topological polar surface area (TPSA) is 72.3 Å². The van der Waals surface area contributed by atoms with E-state index in [9.17, 15) is 4.79 Å². The minimum absolute atomic E-state index is 0.102. The lowest BCUT2D eigenvalue weighted by Gasteiger charge is -2.45. The monoisotopic (exact) mass is 381 g/mol. The van der Waals surface area contributed by atoms with Crippen molar-refractivity contribution in [1.29, 1.82) is 0 Å². The standard InChI is InChI=1S/C21H27N5O2/c27-21(20-13-26(24-23-20)18-6-7-18)22-17-11-25(12-17)10-16-8-19(9-16)28-14-15-4-2-1-3-5-15/h1-5,13,16-19H,6-12,14H2,(H,22,27)/t16-,19-. The van der Waals surface area contributed by atoms with Gasteiger partial charge in [0.1, 0.15) is 0 Å². The molecule has 1 aromatic heterocycles. The molecule has 0 radical (unpaired) electrons. The summed E-state index contributed by atoms with van der Waals surface area (Å²) in [4.78, 5) is 14.7. The lowest BCUT2D eigenvalue weighted by Crippen LogP contribution is -2.60. The Morgan fingerprint density at radius 1 is 1.18 bits per heavy atom. The zero-order chi connectivity index (χ0) is 18.9. The van der Waals surface area contributed by atoms with E-state index in [2.05, 4.69) is 44.8 Å². The van der Waals surface area contributed by atoms with Crippen LogP contribution in [-0.2, 0) is 11.3 Å². The Kier molecular flexibility index (Phi) is 4.86. The van der Waals surface area contributed by atoms with Gasteiger partial charge in [0.2, 0.25) is 0 Å². The van der Waals surface area contributed by atoms with Crippen LogP contribution in [-0.4, -0.2) is 57.6 Å². The molecule has 2 saturated carbocycles. The predicted octanol–water partition coefficient (Wildman–Crippen LogP) is 2.02. The molecule has 1 N–H and O–H groups in total. The van der Waals surface area contributed by atoms with E-state index in [0.717, 1.165) is 51.2 Å². The molecule has 5 rings (SSSR count). The molecule has 1 amide bonds. The molecule has 0 spiro atoms. The third kappa shape index (κ3) is 4.10. The van der Waals surface area contributed by atoms with Gasteiger partial charge in [-0.3, -0.25) is 9.69 Å². The lowest BCUT2D eigenvalue weighted by molar-refractivity contribution is -0.0542. The molecule has 1 aromatic carbocycles. The Labute approximate surface area is 165 Å². The highest BCUT2D eigenvalue weighted by Crippen LogP contribution is 2.34. The molecule has 28 heavy (non-hydrogen) atoms. The molecular formula is C21H27N5O2. The summed E-state index contributed by atoms with van der Waals surface area (Å²) in [5.74, 6) is 0.616. The average Bonchev–Trinajstić information content (AvgIpc) is 3.38. The van der Waals surface area contributed by atoms with Crippen LogP contribution in [0.4, 0.5) is 0 Å². The smallest absolute Gasteiger partial charge is 0.273 e. The number of nitrogens with one attached hydrogen (secondary N) is 1. The molecule has 0 atom stereocenters. The van der Waals surface area contributed by atoms with Gasteiger partial charge >= 0.3 is 0 Å². The maximum atomic E-state index is 12.3. The fraction of sp³-hybridized carbons (Fsp3) is 0.571. The minimum Gasteiger partial charge on any atom is -0.374 e. The van der Waals surface area contributed by atoms with Gasteiger partial charge in [-0.25, -0.2) is 4.68 Å². The first-order chi connectivity index (χ1) is 13.7. The van der Waals surface area contributed by atoms with Crippen molar-refractivity contribution in [2.24, 2.45) is 5.92 Å². The van der Waals surface area contributed by atoms with E-state index in [1.54, 1.807) is 6.20 Å². The van der Waals surface area contributed by atoms with Crippen LogP contribution in [0.25, 0.3) is 0 Å². The first kappa shape index (κ1) is 17.8.